The molecular formula is C21H29NO4. The van der Waals surface area contributed by atoms with Crippen LogP contribution in [0.15, 0.2) is 24.3 Å². The van der Waals surface area contributed by atoms with E-state index in [1.165, 1.54) is 0 Å². The fraction of sp³-hybridized carbons (Fsp3) is 0.667. The maximum Gasteiger partial charge on any atom is 0.222 e. The van der Waals surface area contributed by atoms with E-state index in [1.807, 2.05) is 12.1 Å². The number of hydrogen-bond acceptors (Lipinski definition) is 4. The first kappa shape index (κ1) is 17.8. The molecule has 1 saturated heterocycles. The van der Waals surface area contributed by atoms with Gasteiger partial charge in [0, 0.05) is 19.1 Å². The Balaban J connectivity index is 1.67. The van der Waals surface area contributed by atoms with Crippen molar-refractivity contribution in [1.82, 2.24) is 5.32 Å². The molecule has 2 saturated carbocycles. The van der Waals surface area contributed by atoms with Crippen molar-refractivity contribution in [3.63, 3.8) is 0 Å². The monoisotopic (exact) mass is 359 g/mol. The predicted molar refractivity (Wildman–Crippen MR) is 97.5 cm³/mol. The van der Waals surface area contributed by atoms with Crippen LogP contribution in [0.1, 0.15) is 51.2 Å². The third kappa shape index (κ3) is 2.55. The second kappa shape index (κ2) is 6.24. The lowest BCUT2D eigenvalue weighted by Gasteiger charge is -2.53. The molecule has 1 aromatic rings. The summed E-state index contributed by atoms with van der Waals surface area (Å²) in [5.41, 5.74) is 1.11. The summed E-state index contributed by atoms with van der Waals surface area (Å²) in [5, 5.41) is 22.3. The van der Waals surface area contributed by atoms with Crippen LogP contribution in [0.4, 0.5) is 0 Å². The summed E-state index contributed by atoms with van der Waals surface area (Å²) >= 11 is 0. The maximum atomic E-state index is 12.3. The van der Waals surface area contributed by atoms with Crippen molar-refractivity contribution in [2.24, 2.45) is 22.7 Å². The number of aromatic hydroxyl groups is 1. The van der Waals surface area contributed by atoms with E-state index in [1.54, 1.807) is 12.1 Å². The minimum atomic E-state index is -0.117. The molecule has 1 aliphatic heterocycles. The van der Waals surface area contributed by atoms with Crippen molar-refractivity contribution in [3.05, 3.63) is 29.8 Å². The van der Waals surface area contributed by atoms with Crippen LogP contribution < -0.4 is 5.32 Å². The Bertz CT molecular complexity index is 703. The summed E-state index contributed by atoms with van der Waals surface area (Å²) < 4.78 is 6.19. The second-order valence-corrected chi connectivity index (χ2v) is 8.91. The first-order valence-electron chi connectivity index (χ1n) is 9.69. The molecule has 3 N–H and O–H groups in total. The highest BCUT2D eigenvalue weighted by Gasteiger charge is 2.68. The Morgan fingerprint density at radius 2 is 2.19 bits per heavy atom. The average Bonchev–Trinajstić information content (AvgIpc) is 3.08. The molecule has 0 radical (unpaired) electrons. The summed E-state index contributed by atoms with van der Waals surface area (Å²) in [6.07, 6.45) is 3.29. The Morgan fingerprint density at radius 1 is 1.38 bits per heavy atom. The van der Waals surface area contributed by atoms with E-state index >= 15 is 0 Å². The smallest absolute Gasteiger partial charge is 0.222 e. The Kier molecular flexibility index (Phi) is 4.27. The van der Waals surface area contributed by atoms with Crippen molar-refractivity contribution >= 4 is 5.91 Å². The van der Waals surface area contributed by atoms with Gasteiger partial charge in [0.1, 0.15) is 5.75 Å². The number of phenols is 1. The molecule has 5 atom stereocenters. The highest BCUT2D eigenvalue weighted by atomic mass is 16.5. The van der Waals surface area contributed by atoms with E-state index in [9.17, 15) is 9.90 Å². The van der Waals surface area contributed by atoms with E-state index in [4.69, 9.17) is 9.84 Å². The van der Waals surface area contributed by atoms with Crippen molar-refractivity contribution in [1.29, 1.82) is 0 Å². The summed E-state index contributed by atoms with van der Waals surface area (Å²) in [6.45, 7) is 5.09. The fourth-order valence-electron chi connectivity index (χ4n) is 6.15. The molecule has 3 fully saturated rings. The van der Waals surface area contributed by atoms with Gasteiger partial charge >= 0.3 is 0 Å². The van der Waals surface area contributed by atoms with Gasteiger partial charge in [-0.05, 0) is 59.6 Å². The molecule has 142 valence electrons. The highest BCUT2D eigenvalue weighted by molar-refractivity contribution is 5.76. The number of carbonyl (C=O) groups is 1. The molecule has 2 bridgehead atoms. The van der Waals surface area contributed by atoms with E-state index in [0.717, 1.165) is 24.8 Å². The molecule has 26 heavy (non-hydrogen) atoms. The van der Waals surface area contributed by atoms with Crippen LogP contribution in [-0.2, 0) is 9.53 Å². The van der Waals surface area contributed by atoms with Crippen LogP contribution >= 0.6 is 0 Å². The topological polar surface area (TPSA) is 78.8 Å². The number of rotatable bonds is 4. The highest BCUT2D eigenvalue weighted by Crippen LogP contribution is 2.70. The molecule has 5 nitrogen and oxygen atoms in total. The van der Waals surface area contributed by atoms with Crippen LogP contribution in [0.25, 0.3) is 0 Å². The minimum Gasteiger partial charge on any atom is -0.508 e. The van der Waals surface area contributed by atoms with Crippen molar-refractivity contribution < 1.29 is 19.7 Å². The summed E-state index contributed by atoms with van der Waals surface area (Å²) in [6, 6.07) is 7.48. The Labute approximate surface area is 154 Å². The fourth-order valence-corrected chi connectivity index (χ4v) is 6.15. The number of benzene rings is 1. The number of hydrogen-bond donors (Lipinski definition) is 3. The van der Waals surface area contributed by atoms with Gasteiger partial charge in [0.05, 0.1) is 12.7 Å². The number of aliphatic hydroxyl groups is 1. The largest absolute Gasteiger partial charge is 0.508 e. The Morgan fingerprint density at radius 3 is 2.92 bits per heavy atom. The van der Waals surface area contributed by atoms with Gasteiger partial charge in [-0.15, -0.1) is 0 Å². The lowest BCUT2D eigenvalue weighted by Crippen LogP contribution is -2.59. The molecular weight excluding hydrogens is 330 g/mol. The summed E-state index contributed by atoms with van der Waals surface area (Å²) in [7, 11) is 0. The first-order chi connectivity index (χ1) is 12.4. The lowest BCUT2D eigenvalue weighted by molar-refractivity contribution is -0.137. The molecule has 0 unspecified atom stereocenters. The SMILES string of the molecule is CC1(C)[C@@H]2C[C@@H]3[C@@H](c4cccc(O)c4)OCC[C@]3(C2)[C@H]1NC(=O)CCO. The zero-order valence-corrected chi connectivity index (χ0v) is 15.6. The molecule has 1 amide bonds. The minimum absolute atomic E-state index is 0.0332. The molecule has 1 spiro atoms. The van der Waals surface area contributed by atoms with Crippen molar-refractivity contribution in [2.75, 3.05) is 13.2 Å². The van der Waals surface area contributed by atoms with E-state index in [-0.39, 0.29) is 47.7 Å². The van der Waals surface area contributed by atoms with Crippen LogP contribution in [-0.4, -0.2) is 35.4 Å². The van der Waals surface area contributed by atoms with Gasteiger partial charge < -0.3 is 20.3 Å². The quantitative estimate of drug-likeness (QED) is 0.772. The van der Waals surface area contributed by atoms with Gasteiger partial charge in [-0.2, -0.15) is 0 Å². The Hall–Kier alpha value is -1.59. The molecule has 0 aromatic heterocycles. The van der Waals surface area contributed by atoms with Crippen molar-refractivity contribution in [3.8, 4) is 5.75 Å². The van der Waals surface area contributed by atoms with Crippen LogP contribution in [0, 0.1) is 22.7 Å². The molecule has 1 aromatic carbocycles. The van der Waals surface area contributed by atoms with E-state index in [0.29, 0.717) is 18.4 Å². The van der Waals surface area contributed by atoms with Crippen LogP contribution in [0.2, 0.25) is 0 Å². The number of nitrogens with one attached hydrogen (secondary N) is 1. The predicted octanol–water partition coefficient (Wildman–Crippen LogP) is 2.77. The number of ether oxygens (including phenoxy) is 1. The molecule has 4 rings (SSSR count). The summed E-state index contributed by atoms with van der Waals surface area (Å²) in [4.78, 5) is 12.3. The summed E-state index contributed by atoms with van der Waals surface area (Å²) in [5.74, 6) is 1.09. The zero-order valence-electron chi connectivity index (χ0n) is 15.6. The van der Waals surface area contributed by atoms with Crippen molar-refractivity contribution in [2.45, 2.75) is 51.7 Å². The molecule has 2 aliphatic carbocycles. The lowest BCUT2D eigenvalue weighted by atomic mass is 9.59. The molecule has 5 heteroatoms. The second-order valence-electron chi connectivity index (χ2n) is 8.91. The average molecular weight is 359 g/mol. The first-order valence-corrected chi connectivity index (χ1v) is 9.69. The maximum absolute atomic E-state index is 12.3. The number of amides is 1. The molecule has 3 aliphatic rings. The number of phenolic OH excluding ortho intramolecular Hbond substituents is 1. The van der Waals surface area contributed by atoms with Gasteiger partial charge in [-0.3, -0.25) is 4.79 Å². The van der Waals surface area contributed by atoms with Crippen LogP contribution in [0.5, 0.6) is 5.75 Å². The number of aliphatic hydroxyl groups excluding tert-OH is 1. The third-order valence-electron chi connectivity index (χ3n) is 7.35. The molecule has 1 heterocycles. The van der Waals surface area contributed by atoms with Crippen LogP contribution in [0.3, 0.4) is 0 Å². The van der Waals surface area contributed by atoms with E-state index in [2.05, 4.69) is 19.2 Å². The number of fused-ring (bicyclic) bond motifs is 1. The number of carbonyl (C=O) groups excluding carboxylic acids is 1. The third-order valence-corrected chi connectivity index (χ3v) is 7.35. The standard InChI is InChI=1S/C21H29NO4/c1-20(2)14-11-16-18(13-4-3-5-15(24)10-13)26-9-7-21(16,12-14)19(20)22-17(25)6-8-23/h3-5,10,14,16,18-19,23-24H,6-9,11-12H2,1-2H3,(H,22,25)/t14-,16-,18-,19+,21-/m1/s1. The normalized spacial score (nSPS) is 37.3. The van der Waals surface area contributed by atoms with Gasteiger partial charge in [0.15, 0.2) is 0 Å². The van der Waals surface area contributed by atoms with Gasteiger partial charge in [-0.1, -0.05) is 26.0 Å². The zero-order chi connectivity index (χ0) is 18.5. The van der Waals surface area contributed by atoms with Gasteiger partial charge in [0.25, 0.3) is 0 Å². The van der Waals surface area contributed by atoms with E-state index < -0.39 is 0 Å². The van der Waals surface area contributed by atoms with Gasteiger partial charge in [0.2, 0.25) is 5.91 Å². The van der Waals surface area contributed by atoms with Gasteiger partial charge in [-0.25, -0.2) is 0 Å².